The van der Waals surface area contributed by atoms with Crippen molar-refractivity contribution in [2.24, 2.45) is 0 Å². The van der Waals surface area contributed by atoms with Gasteiger partial charge in [-0.05, 0) is 42.8 Å². The summed E-state index contributed by atoms with van der Waals surface area (Å²) in [6.45, 7) is 5.88. The number of ether oxygens (including phenoxy) is 1. The largest absolute Gasteiger partial charge is 0.497 e. The van der Waals surface area contributed by atoms with Crippen molar-refractivity contribution >= 4 is 17.7 Å². The molecule has 1 amide bonds. The second-order valence-corrected chi connectivity index (χ2v) is 8.19. The molecule has 1 saturated heterocycles. The lowest BCUT2D eigenvalue weighted by molar-refractivity contribution is -0.132. The summed E-state index contributed by atoms with van der Waals surface area (Å²) in [5.74, 6) is 1.97. The third-order valence-electron chi connectivity index (χ3n) is 5.19. The molecule has 0 aromatic heterocycles. The number of thioether (sulfide) groups is 1. The zero-order valence-electron chi connectivity index (χ0n) is 16.8. The van der Waals surface area contributed by atoms with Crippen molar-refractivity contribution in [1.29, 1.82) is 0 Å². The number of hydrogen-bond donors (Lipinski definition) is 0. The van der Waals surface area contributed by atoms with Crippen LogP contribution in [0.3, 0.4) is 0 Å². The molecule has 2 aromatic rings. The maximum atomic E-state index is 12.9. The Kier molecular flexibility index (Phi) is 7.80. The fourth-order valence-electron chi connectivity index (χ4n) is 3.64. The summed E-state index contributed by atoms with van der Waals surface area (Å²) in [6, 6.07) is 18.7. The van der Waals surface area contributed by atoms with Gasteiger partial charge in [-0.2, -0.15) is 0 Å². The summed E-state index contributed by atoms with van der Waals surface area (Å²) in [5, 5.41) is 0. The molecule has 3 rings (SSSR count). The molecule has 1 atom stereocenters. The van der Waals surface area contributed by atoms with Crippen molar-refractivity contribution in [3.63, 3.8) is 0 Å². The third kappa shape index (κ3) is 5.52. The van der Waals surface area contributed by atoms with Gasteiger partial charge in [0.2, 0.25) is 5.91 Å². The van der Waals surface area contributed by atoms with Gasteiger partial charge in [0, 0.05) is 36.7 Å². The average molecular weight is 399 g/mol. The van der Waals surface area contributed by atoms with Gasteiger partial charge in [0.1, 0.15) is 5.75 Å². The van der Waals surface area contributed by atoms with Gasteiger partial charge < -0.3 is 14.5 Å². The van der Waals surface area contributed by atoms with E-state index in [9.17, 15) is 4.79 Å². The molecule has 0 radical (unpaired) electrons. The second-order valence-electron chi connectivity index (χ2n) is 7.09. The average Bonchev–Trinajstić information content (AvgIpc) is 2.92. The van der Waals surface area contributed by atoms with Crippen molar-refractivity contribution in [3.8, 4) is 5.75 Å². The minimum Gasteiger partial charge on any atom is -0.497 e. The van der Waals surface area contributed by atoms with Gasteiger partial charge in [-0.15, -0.1) is 11.8 Å². The van der Waals surface area contributed by atoms with E-state index < -0.39 is 0 Å². The van der Waals surface area contributed by atoms with E-state index in [2.05, 4.69) is 53.1 Å². The quantitative estimate of drug-likeness (QED) is 0.614. The van der Waals surface area contributed by atoms with Gasteiger partial charge in [0.15, 0.2) is 0 Å². The molecule has 28 heavy (non-hydrogen) atoms. The van der Waals surface area contributed by atoms with E-state index in [1.807, 2.05) is 18.2 Å². The predicted molar refractivity (Wildman–Crippen MR) is 116 cm³/mol. The smallest absolute Gasteiger partial charge is 0.224 e. The highest BCUT2D eigenvalue weighted by atomic mass is 32.2. The van der Waals surface area contributed by atoms with Crippen LogP contribution in [0, 0.1) is 0 Å². The Morgan fingerprint density at radius 1 is 1.04 bits per heavy atom. The molecule has 1 aliphatic rings. The predicted octanol–water partition coefficient (Wildman–Crippen LogP) is 4.47. The molecule has 4 nitrogen and oxygen atoms in total. The van der Waals surface area contributed by atoms with E-state index >= 15 is 0 Å². The Morgan fingerprint density at radius 3 is 2.46 bits per heavy atom. The minimum atomic E-state index is 0.0855. The van der Waals surface area contributed by atoms with E-state index in [1.165, 1.54) is 10.5 Å². The first-order valence-corrected chi connectivity index (χ1v) is 11.0. The fraction of sp³-hybridized carbons (Fsp3) is 0.435. The monoisotopic (exact) mass is 398 g/mol. The highest BCUT2D eigenvalue weighted by Gasteiger charge is 2.28. The maximum Gasteiger partial charge on any atom is 0.224 e. The number of rotatable bonds is 8. The van der Waals surface area contributed by atoms with Crippen molar-refractivity contribution in [2.45, 2.75) is 30.7 Å². The third-order valence-corrected chi connectivity index (χ3v) is 6.27. The molecule has 1 heterocycles. The summed E-state index contributed by atoms with van der Waals surface area (Å²) in [5.41, 5.74) is 1.21. The van der Waals surface area contributed by atoms with Crippen molar-refractivity contribution < 1.29 is 9.53 Å². The molecular weight excluding hydrogens is 368 g/mol. The summed E-state index contributed by atoms with van der Waals surface area (Å²) in [7, 11) is 1.68. The van der Waals surface area contributed by atoms with Crippen LogP contribution in [0.25, 0.3) is 0 Å². The van der Waals surface area contributed by atoms with Crippen LogP contribution in [0.2, 0.25) is 0 Å². The van der Waals surface area contributed by atoms with Crippen LogP contribution in [-0.4, -0.2) is 54.7 Å². The number of carbonyl (C=O) groups excluding carboxylic acids is 1. The molecule has 0 spiro atoms. The first-order valence-electron chi connectivity index (χ1n) is 10.0. The zero-order valence-corrected chi connectivity index (χ0v) is 17.7. The van der Waals surface area contributed by atoms with Crippen molar-refractivity contribution in [3.05, 3.63) is 60.2 Å². The van der Waals surface area contributed by atoms with Crippen molar-refractivity contribution in [2.75, 3.05) is 39.0 Å². The lowest BCUT2D eigenvalue weighted by Crippen LogP contribution is -2.37. The number of amides is 1. The summed E-state index contributed by atoms with van der Waals surface area (Å²) < 4.78 is 5.25. The van der Waals surface area contributed by atoms with Crippen LogP contribution in [0.15, 0.2) is 59.5 Å². The van der Waals surface area contributed by atoms with E-state index in [4.69, 9.17) is 4.74 Å². The topological polar surface area (TPSA) is 32.8 Å². The molecule has 0 unspecified atom stereocenters. The van der Waals surface area contributed by atoms with Crippen LogP contribution in [0.4, 0.5) is 0 Å². The Balaban J connectivity index is 1.75. The molecular formula is C23H30N2O2S. The van der Waals surface area contributed by atoms with E-state index in [0.29, 0.717) is 6.42 Å². The number of nitrogens with zero attached hydrogens (tertiary/aromatic N) is 2. The molecule has 0 N–H and O–H groups in total. The van der Waals surface area contributed by atoms with E-state index in [0.717, 1.165) is 44.1 Å². The fourth-order valence-corrected chi connectivity index (χ4v) is 4.69. The van der Waals surface area contributed by atoms with E-state index in [1.54, 1.807) is 18.9 Å². The van der Waals surface area contributed by atoms with Crippen LogP contribution < -0.4 is 4.74 Å². The zero-order chi connectivity index (χ0) is 19.8. The minimum absolute atomic E-state index is 0.0855. The molecule has 2 aromatic carbocycles. The standard InChI is InChI=1S/C23H30N2O2S/c1-3-14-24-15-13-23(26)25(17-16-24)22(19-7-5-4-6-8-19)18-28-21-11-9-20(27-2)10-12-21/h4-12,22H,3,13-18H2,1-2H3/t22-/m1/s1. The van der Waals surface area contributed by atoms with Gasteiger partial charge in [-0.3, -0.25) is 4.79 Å². The van der Waals surface area contributed by atoms with Gasteiger partial charge in [0.25, 0.3) is 0 Å². The first-order chi connectivity index (χ1) is 13.7. The SMILES string of the molecule is CCCN1CCC(=O)N([C@H](CSc2ccc(OC)cc2)c2ccccc2)CC1. The van der Waals surface area contributed by atoms with Crippen molar-refractivity contribution in [1.82, 2.24) is 9.80 Å². The van der Waals surface area contributed by atoms with Gasteiger partial charge in [0.05, 0.1) is 13.2 Å². The van der Waals surface area contributed by atoms with E-state index in [-0.39, 0.29) is 11.9 Å². The van der Waals surface area contributed by atoms with Gasteiger partial charge in [-0.1, -0.05) is 37.3 Å². The first kappa shape index (κ1) is 20.7. The molecule has 1 aliphatic heterocycles. The summed E-state index contributed by atoms with van der Waals surface area (Å²) in [6.07, 6.45) is 1.74. The highest BCUT2D eigenvalue weighted by Crippen LogP contribution is 2.31. The number of benzene rings is 2. The lowest BCUT2D eigenvalue weighted by Gasteiger charge is -2.31. The second kappa shape index (κ2) is 10.5. The molecule has 0 aliphatic carbocycles. The number of methoxy groups -OCH3 is 1. The Hall–Kier alpha value is -1.98. The van der Waals surface area contributed by atoms with Crippen LogP contribution in [0.5, 0.6) is 5.75 Å². The normalized spacial score (nSPS) is 16.6. The highest BCUT2D eigenvalue weighted by molar-refractivity contribution is 7.99. The Morgan fingerprint density at radius 2 is 1.79 bits per heavy atom. The molecule has 0 saturated carbocycles. The van der Waals surface area contributed by atoms with Gasteiger partial charge in [-0.25, -0.2) is 0 Å². The Labute approximate surface area is 172 Å². The molecule has 5 heteroatoms. The summed E-state index contributed by atoms with van der Waals surface area (Å²) in [4.78, 5) is 18.7. The maximum absolute atomic E-state index is 12.9. The lowest BCUT2D eigenvalue weighted by atomic mass is 10.1. The molecule has 0 bridgehead atoms. The molecule has 150 valence electrons. The number of carbonyl (C=O) groups is 1. The summed E-state index contributed by atoms with van der Waals surface area (Å²) >= 11 is 1.79. The number of hydrogen-bond acceptors (Lipinski definition) is 4. The molecule has 1 fully saturated rings. The van der Waals surface area contributed by atoms with Crippen LogP contribution in [0.1, 0.15) is 31.4 Å². The Bertz CT molecular complexity index is 736. The van der Waals surface area contributed by atoms with Crippen LogP contribution in [-0.2, 0) is 4.79 Å². The van der Waals surface area contributed by atoms with Gasteiger partial charge >= 0.3 is 0 Å². The van der Waals surface area contributed by atoms with Crippen LogP contribution >= 0.6 is 11.8 Å².